The predicted molar refractivity (Wildman–Crippen MR) is 178 cm³/mol. The Morgan fingerprint density at radius 1 is 0.578 bits per heavy atom. The summed E-state index contributed by atoms with van der Waals surface area (Å²) in [5, 5.41) is 15.1. The average Bonchev–Trinajstić information content (AvgIpc) is 3.59. The minimum Gasteiger partial charge on any atom is -0.489 e. The zero-order chi connectivity index (χ0) is 30.7. The maximum atomic E-state index is 11.4. The van der Waals surface area contributed by atoms with E-state index in [0.29, 0.717) is 37.4 Å². The van der Waals surface area contributed by atoms with Crippen molar-refractivity contribution >= 4 is 0 Å². The molecule has 1 aliphatic rings. The zero-order valence-corrected chi connectivity index (χ0v) is 25.6. The Morgan fingerprint density at radius 3 is 1.73 bits per heavy atom. The van der Waals surface area contributed by atoms with E-state index in [9.17, 15) is 5.11 Å². The van der Waals surface area contributed by atoms with Crippen LogP contribution in [0.5, 0.6) is 17.2 Å². The highest BCUT2D eigenvalue weighted by molar-refractivity contribution is 5.44. The van der Waals surface area contributed by atoms with Gasteiger partial charge in [-0.1, -0.05) is 109 Å². The first kappa shape index (κ1) is 30.4. The van der Waals surface area contributed by atoms with Gasteiger partial charge in [0.1, 0.15) is 25.6 Å². The number of benzene rings is 5. The van der Waals surface area contributed by atoms with E-state index in [-0.39, 0.29) is 6.04 Å². The van der Waals surface area contributed by atoms with Crippen LogP contribution in [-0.4, -0.2) is 17.2 Å². The Kier molecular flexibility index (Phi) is 10.4. The number of hydrogen-bond donors (Lipinski definition) is 2. The molecule has 1 fully saturated rings. The number of ether oxygens (including phenoxy) is 3. The summed E-state index contributed by atoms with van der Waals surface area (Å²) in [7, 11) is 0. The van der Waals surface area contributed by atoms with Crippen LogP contribution in [0.25, 0.3) is 0 Å². The van der Waals surface area contributed by atoms with Gasteiger partial charge in [0.25, 0.3) is 0 Å². The quantitative estimate of drug-likeness (QED) is 0.135. The third-order valence-corrected chi connectivity index (χ3v) is 8.39. The van der Waals surface area contributed by atoms with E-state index in [1.54, 1.807) is 0 Å². The third kappa shape index (κ3) is 8.75. The van der Waals surface area contributed by atoms with Crippen molar-refractivity contribution in [1.29, 1.82) is 0 Å². The smallest absolute Gasteiger partial charge is 0.162 e. The molecule has 230 valence electrons. The van der Waals surface area contributed by atoms with Crippen molar-refractivity contribution in [3.05, 3.63) is 161 Å². The van der Waals surface area contributed by atoms with Crippen LogP contribution >= 0.6 is 0 Å². The Labute approximate surface area is 266 Å². The molecule has 5 aromatic rings. The minimum atomic E-state index is -0.640. The Bertz CT molecular complexity index is 1590. The molecule has 0 saturated carbocycles. The van der Waals surface area contributed by atoms with Crippen molar-refractivity contribution in [2.24, 2.45) is 0 Å². The van der Waals surface area contributed by atoms with Gasteiger partial charge in [0.05, 0.1) is 6.10 Å². The van der Waals surface area contributed by atoms with Gasteiger partial charge in [0.2, 0.25) is 0 Å². The van der Waals surface area contributed by atoms with E-state index in [1.165, 1.54) is 5.56 Å². The number of nitrogens with one attached hydrogen (secondary N) is 1. The number of hydrogen-bond acceptors (Lipinski definition) is 5. The molecule has 6 rings (SSSR count). The van der Waals surface area contributed by atoms with Crippen molar-refractivity contribution in [2.45, 2.75) is 63.7 Å². The van der Waals surface area contributed by atoms with Crippen molar-refractivity contribution in [3.63, 3.8) is 0 Å². The number of aliphatic hydroxyl groups excluding tert-OH is 1. The van der Waals surface area contributed by atoms with Gasteiger partial charge in [0, 0.05) is 12.1 Å². The summed E-state index contributed by atoms with van der Waals surface area (Å²) in [6.07, 6.45) is 3.31. The molecular weight excluding hydrogens is 558 g/mol. The summed E-state index contributed by atoms with van der Waals surface area (Å²) < 4.78 is 18.4. The molecule has 0 aliphatic carbocycles. The highest BCUT2D eigenvalue weighted by Gasteiger charge is 2.30. The lowest BCUT2D eigenvalue weighted by atomic mass is 10.00. The van der Waals surface area contributed by atoms with E-state index in [4.69, 9.17) is 14.2 Å². The van der Waals surface area contributed by atoms with Gasteiger partial charge < -0.3 is 24.6 Å². The lowest BCUT2D eigenvalue weighted by Gasteiger charge is -2.22. The monoisotopic (exact) mass is 599 g/mol. The molecule has 5 aromatic carbocycles. The van der Waals surface area contributed by atoms with Gasteiger partial charge in [-0.25, -0.2) is 0 Å². The molecule has 2 N–H and O–H groups in total. The van der Waals surface area contributed by atoms with Crippen LogP contribution in [0.4, 0.5) is 0 Å². The first-order chi connectivity index (χ1) is 22.2. The maximum absolute atomic E-state index is 11.4. The van der Waals surface area contributed by atoms with Crippen LogP contribution in [0.3, 0.4) is 0 Å². The highest BCUT2D eigenvalue weighted by atomic mass is 16.5. The second-order valence-corrected chi connectivity index (χ2v) is 11.7. The molecule has 0 aromatic heterocycles. The standard InChI is InChI=1S/C40H41NO4/c42-40(37-24-21-35(41-37)20-16-30-17-22-36(23-18-30)43-27-31-10-4-1-5-11-31)34-19-25-38(44-28-32-12-6-2-7-13-32)39(26-34)45-29-33-14-8-3-9-15-33/h1-15,17-19,22-23,25-26,35,37,40-42H,16,20-21,24,27-29H2/t35-,37+,40?/m1/s1. The zero-order valence-electron chi connectivity index (χ0n) is 25.6. The van der Waals surface area contributed by atoms with Crippen LogP contribution in [0.15, 0.2) is 133 Å². The first-order valence-electron chi connectivity index (χ1n) is 15.9. The van der Waals surface area contributed by atoms with Crippen LogP contribution in [-0.2, 0) is 26.2 Å². The summed E-state index contributed by atoms with van der Waals surface area (Å²) in [5.74, 6) is 2.19. The molecule has 0 spiro atoms. The fraction of sp³-hybridized carbons (Fsp3) is 0.250. The van der Waals surface area contributed by atoms with Crippen LogP contribution in [0.1, 0.15) is 53.2 Å². The van der Waals surface area contributed by atoms with Gasteiger partial charge in [-0.2, -0.15) is 0 Å². The molecule has 3 atom stereocenters. The molecule has 45 heavy (non-hydrogen) atoms. The molecule has 0 radical (unpaired) electrons. The lowest BCUT2D eigenvalue weighted by Crippen LogP contribution is -2.34. The van der Waals surface area contributed by atoms with Crippen LogP contribution in [0.2, 0.25) is 0 Å². The van der Waals surface area contributed by atoms with Crippen LogP contribution in [0, 0.1) is 0 Å². The molecule has 1 heterocycles. The second-order valence-electron chi connectivity index (χ2n) is 11.7. The van der Waals surface area contributed by atoms with E-state index in [0.717, 1.165) is 53.7 Å². The van der Waals surface area contributed by atoms with Crippen LogP contribution < -0.4 is 19.5 Å². The van der Waals surface area contributed by atoms with Crippen molar-refractivity contribution < 1.29 is 19.3 Å². The summed E-state index contributed by atoms with van der Waals surface area (Å²) in [4.78, 5) is 0. The fourth-order valence-electron chi connectivity index (χ4n) is 5.80. The number of rotatable bonds is 14. The summed E-state index contributed by atoms with van der Waals surface area (Å²) in [6, 6.07) is 45.0. The van der Waals surface area contributed by atoms with Crippen molar-refractivity contribution in [3.8, 4) is 17.2 Å². The van der Waals surface area contributed by atoms with Gasteiger partial charge >= 0.3 is 0 Å². The maximum Gasteiger partial charge on any atom is 0.162 e. The van der Waals surface area contributed by atoms with E-state index in [2.05, 4.69) is 41.7 Å². The molecule has 5 nitrogen and oxygen atoms in total. The first-order valence-corrected chi connectivity index (χ1v) is 15.9. The molecular formula is C40H41NO4. The average molecular weight is 600 g/mol. The number of aryl methyl sites for hydroxylation is 1. The van der Waals surface area contributed by atoms with E-state index >= 15 is 0 Å². The Morgan fingerprint density at radius 2 is 1.13 bits per heavy atom. The SMILES string of the molecule is OC(c1ccc(OCc2ccccc2)c(OCc2ccccc2)c1)[C@@H]1CC[C@@H](CCc2ccc(OCc3ccccc3)cc2)N1. The Balaban J connectivity index is 1.03. The van der Waals surface area contributed by atoms with Gasteiger partial charge in [-0.05, 0) is 77.8 Å². The van der Waals surface area contributed by atoms with Gasteiger partial charge in [-0.3, -0.25) is 0 Å². The van der Waals surface area contributed by atoms with Gasteiger partial charge in [0.15, 0.2) is 11.5 Å². The van der Waals surface area contributed by atoms with E-state index < -0.39 is 6.10 Å². The molecule has 0 bridgehead atoms. The van der Waals surface area contributed by atoms with Crippen molar-refractivity contribution in [2.75, 3.05) is 0 Å². The van der Waals surface area contributed by atoms with Gasteiger partial charge in [-0.15, -0.1) is 0 Å². The molecule has 0 amide bonds. The van der Waals surface area contributed by atoms with Crippen molar-refractivity contribution in [1.82, 2.24) is 5.32 Å². The molecule has 1 unspecified atom stereocenters. The molecule has 5 heteroatoms. The summed E-state index contributed by atoms with van der Waals surface area (Å²) in [6.45, 7) is 1.44. The van der Waals surface area contributed by atoms with E-state index in [1.807, 2.05) is 97.1 Å². The highest BCUT2D eigenvalue weighted by Crippen LogP contribution is 2.35. The molecule has 1 saturated heterocycles. The minimum absolute atomic E-state index is 0.0122. The lowest BCUT2D eigenvalue weighted by molar-refractivity contribution is 0.134. The normalized spacial score (nSPS) is 16.6. The third-order valence-electron chi connectivity index (χ3n) is 8.39. The summed E-state index contributed by atoms with van der Waals surface area (Å²) in [5.41, 5.74) is 5.44. The largest absolute Gasteiger partial charge is 0.489 e. The fourth-order valence-corrected chi connectivity index (χ4v) is 5.80. The second kappa shape index (κ2) is 15.4. The number of aliphatic hydroxyl groups is 1. The predicted octanol–water partition coefficient (Wildman–Crippen LogP) is 8.21. The molecule has 1 aliphatic heterocycles. The topological polar surface area (TPSA) is 60.0 Å². The Hall–Kier alpha value is -4.58. The summed E-state index contributed by atoms with van der Waals surface area (Å²) >= 11 is 0.